The number of carboxylic acid groups (broad SMARTS) is 1. The number of rotatable bonds is 1. The fraction of sp³-hybridized carbons (Fsp3) is 0.818. The quantitative estimate of drug-likeness (QED) is 0.724. The lowest BCUT2D eigenvalue weighted by Crippen LogP contribution is -2.41. The van der Waals surface area contributed by atoms with Gasteiger partial charge in [-0.05, 0) is 12.8 Å². The van der Waals surface area contributed by atoms with Crippen molar-refractivity contribution >= 4 is 11.9 Å². The number of hydrogen-bond donors (Lipinski definition) is 1. The Morgan fingerprint density at radius 3 is 2.00 bits per heavy atom. The maximum Gasteiger partial charge on any atom is 0.407 e. The Hall–Kier alpha value is -1.06. The Morgan fingerprint density at radius 1 is 1.20 bits per heavy atom. The van der Waals surface area contributed by atoms with Crippen molar-refractivity contribution < 1.29 is 14.7 Å². The molecule has 1 saturated heterocycles. The number of nitrogens with zero attached hydrogens (tertiary/aromatic N) is 1. The highest BCUT2D eigenvalue weighted by Gasteiger charge is 2.33. The van der Waals surface area contributed by atoms with Gasteiger partial charge in [-0.15, -0.1) is 0 Å². The number of Topliss-reactive ketones (excluding diaryl/α,β-unsaturated/α-hetero) is 1. The average Bonchev–Trinajstić information content (AvgIpc) is 2.15. The second-order valence-corrected chi connectivity index (χ2v) is 5.16. The van der Waals surface area contributed by atoms with Crippen LogP contribution in [0.5, 0.6) is 0 Å². The van der Waals surface area contributed by atoms with Crippen LogP contribution in [0.15, 0.2) is 0 Å². The van der Waals surface area contributed by atoms with Gasteiger partial charge in [0.05, 0.1) is 0 Å². The van der Waals surface area contributed by atoms with Crippen LogP contribution in [0.2, 0.25) is 0 Å². The predicted molar refractivity (Wildman–Crippen MR) is 56.8 cm³/mol. The third-order valence-electron chi connectivity index (χ3n) is 2.88. The van der Waals surface area contributed by atoms with Crippen LogP contribution in [0.3, 0.4) is 0 Å². The van der Waals surface area contributed by atoms with E-state index in [4.69, 9.17) is 5.11 Å². The smallest absolute Gasteiger partial charge is 0.407 e. The van der Waals surface area contributed by atoms with Gasteiger partial charge in [0.1, 0.15) is 5.78 Å². The van der Waals surface area contributed by atoms with Gasteiger partial charge < -0.3 is 10.0 Å². The molecule has 86 valence electrons. The third-order valence-corrected chi connectivity index (χ3v) is 2.88. The number of likely N-dealkylation sites (tertiary alicyclic amines) is 1. The van der Waals surface area contributed by atoms with Gasteiger partial charge in [0.2, 0.25) is 0 Å². The number of ketones is 1. The Bertz CT molecular complexity index is 259. The van der Waals surface area contributed by atoms with Crippen LogP contribution in [0, 0.1) is 11.3 Å². The van der Waals surface area contributed by atoms with Crippen molar-refractivity contribution in [3.63, 3.8) is 0 Å². The first-order valence-corrected chi connectivity index (χ1v) is 5.34. The lowest BCUT2D eigenvalue weighted by Gasteiger charge is -2.32. The van der Waals surface area contributed by atoms with Crippen molar-refractivity contribution in [2.24, 2.45) is 11.3 Å². The standard InChI is InChI=1S/C11H19NO3/c1-11(2,3)9(13)8-4-6-12(7-5-8)10(14)15/h8H,4-7H2,1-3H3,(H,14,15). The molecular formula is C11H19NO3. The number of hydrogen-bond acceptors (Lipinski definition) is 2. The first-order chi connectivity index (χ1) is 6.82. The number of carbonyl (C=O) groups excluding carboxylic acids is 1. The van der Waals surface area contributed by atoms with E-state index in [0.29, 0.717) is 25.9 Å². The summed E-state index contributed by atoms with van der Waals surface area (Å²) in [4.78, 5) is 24.0. The fourth-order valence-corrected chi connectivity index (χ4v) is 1.95. The molecule has 0 aromatic carbocycles. The molecule has 15 heavy (non-hydrogen) atoms. The van der Waals surface area contributed by atoms with E-state index in [-0.39, 0.29) is 17.1 Å². The van der Waals surface area contributed by atoms with Gasteiger partial charge in [-0.1, -0.05) is 20.8 Å². The molecule has 1 heterocycles. The summed E-state index contributed by atoms with van der Waals surface area (Å²) in [6, 6.07) is 0. The molecule has 1 fully saturated rings. The zero-order chi connectivity index (χ0) is 11.6. The van der Waals surface area contributed by atoms with Crippen molar-refractivity contribution in [3.05, 3.63) is 0 Å². The zero-order valence-electron chi connectivity index (χ0n) is 9.62. The van der Waals surface area contributed by atoms with Crippen LogP contribution in [-0.4, -0.2) is 35.0 Å². The van der Waals surface area contributed by atoms with E-state index in [9.17, 15) is 9.59 Å². The van der Waals surface area contributed by atoms with E-state index in [0.717, 1.165) is 0 Å². The summed E-state index contributed by atoms with van der Waals surface area (Å²) in [5, 5.41) is 8.76. The molecule has 0 bridgehead atoms. The van der Waals surface area contributed by atoms with Gasteiger partial charge in [0.15, 0.2) is 0 Å². The Kier molecular flexibility index (Phi) is 3.37. The second-order valence-electron chi connectivity index (χ2n) is 5.16. The molecule has 0 spiro atoms. The first-order valence-electron chi connectivity index (χ1n) is 5.34. The lowest BCUT2D eigenvalue weighted by atomic mass is 9.79. The van der Waals surface area contributed by atoms with Crippen LogP contribution in [0.25, 0.3) is 0 Å². The zero-order valence-corrected chi connectivity index (χ0v) is 9.62. The molecule has 1 aliphatic heterocycles. The Balaban J connectivity index is 2.51. The van der Waals surface area contributed by atoms with E-state index in [1.165, 1.54) is 4.90 Å². The second kappa shape index (κ2) is 4.21. The normalized spacial score (nSPS) is 19.0. The van der Waals surface area contributed by atoms with E-state index in [2.05, 4.69) is 0 Å². The van der Waals surface area contributed by atoms with Crippen molar-refractivity contribution in [2.45, 2.75) is 33.6 Å². The molecule has 0 aliphatic carbocycles. The van der Waals surface area contributed by atoms with Gasteiger partial charge in [0, 0.05) is 24.4 Å². The molecule has 0 aromatic heterocycles. The summed E-state index contributed by atoms with van der Waals surface area (Å²) in [6.45, 7) is 6.72. The average molecular weight is 213 g/mol. The van der Waals surface area contributed by atoms with E-state index in [1.54, 1.807) is 0 Å². The van der Waals surface area contributed by atoms with E-state index < -0.39 is 6.09 Å². The monoisotopic (exact) mass is 213 g/mol. The SMILES string of the molecule is CC(C)(C)C(=O)C1CCN(C(=O)O)CC1. The summed E-state index contributed by atoms with van der Waals surface area (Å²) >= 11 is 0. The number of carbonyl (C=O) groups is 2. The van der Waals surface area contributed by atoms with Gasteiger partial charge in [-0.25, -0.2) is 4.79 Å². The maximum absolute atomic E-state index is 11.9. The van der Waals surface area contributed by atoms with Crippen molar-refractivity contribution in [1.82, 2.24) is 4.90 Å². The summed E-state index contributed by atoms with van der Waals surface area (Å²) in [6.07, 6.45) is 0.460. The van der Waals surface area contributed by atoms with Crippen LogP contribution in [0.1, 0.15) is 33.6 Å². The van der Waals surface area contributed by atoms with E-state index in [1.807, 2.05) is 20.8 Å². The molecular weight excluding hydrogens is 194 g/mol. The first kappa shape index (κ1) is 12.0. The topological polar surface area (TPSA) is 57.6 Å². The van der Waals surface area contributed by atoms with Crippen LogP contribution < -0.4 is 0 Å². The predicted octanol–water partition coefficient (Wildman–Crippen LogP) is 1.99. The molecule has 4 nitrogen and oxygen atoms in total. The highest BCUT2D eigenvalue weighted by Crippen LogP contribution is 2.27. The molecule has 1 N–H and O–H groups in total. The van der Waals surface area contributed by atoms with Crippen LogP contribution >= 0.6 is 0 Å². The lowest BCUT2D eigenvalue weighted by molar-refractivity contribution is -0.131. The van der Waals surface area contributed by atoms with Crippen molar-refractivity contribution in [3.8, 4) is 0 Å². The van der Waals surface area contributed by atoms with Gasteiger partial charge in [0.25, 0.3) is 0 Å². The largest absolute Gasteiger partial charge is 0.465 e. The maximum atomic E-state index is 11.9. The molecule has 1 amide bonds. The fourth-order valence-electron chi connectivity index (χ4n) is 1.95. The number of amides is 1. The highest BCUT2D eigenvalue weighted by atomic mass is 16.4. The van der Waals surface area contributed by atoms with E-state index >= 15 is 0 Å². The van der Waals surface area contributed by atoms with Crippen molar-refractivity contribution in [1.29, 1.82) is 0 Å². The molecule has 0 radical (unpaired) electrons. The molecule has 1 rings (SSSR count). The Labute approximate surface area is 90.3 Å². The molecule has 4 heteroatoms. The minimum Gasteiger partial charge on any atom is -0.465 e. The minimum atomic E-state index is -0.878. The molecule has 1 aliphatic rings. The molecule has 0 saturated carbocycles. The van der Waals surface area contributed by atoms with Crippen LogP contribution in [0.4, 0.5) is 4.79 Å². The number of piperidine rings is 1. The Morgan fingerprint density at radius 2 is 1.67 bits per heavy atom. The summed E-state index contributed by atoms with van der Waals surface area (Å²) in [5.74, 6) is 0.299. The molecule has 0 aromatic rings. The van der Waals surface area contributed by atoms with Gasteiger partial charge in [-0.2, -0.15) is 0 Å². The van der Waals surface area contributed by atoms with Gasteiger partial charge >= 0.3 is 6.09 Å². The molecule has 0 atom stereocenters. The summed E-state index contributed by atoms with van der Waals surface area (Å²) < 4.78 is 0. The highest BCUT2D eigenvalue weighted by molar-refractivity contribution is 5.86. The third kappa shape index (κ3) is 2.94. The van der Waals surface area contributed by atoms with Gasteiger partial charge in [-0.3, -0.25) is 4.79 Å². The summed E-state index contributed by atoms with van der Waals surface area (Å²) in [7, 11) is 0. The summed E-state index contributed by atoms with van der Waals surface area (Å²) in [5.41, 5.74) is -0.309. The molecule has 0 unspecified atom stereocenters. The van der Waals surface area contributed by atoms with Crippen molar-refractivity contribution in [2.75, 3.05) is 13.1 Å². The van der Waals surface area contributed by atoms with Crippen LogP contribution in [-0.2, 0) is 4.79 Å². The minimum absolute atomic E-state index is 0.0422.